The van der Waals surface area contributed by atoms with Crippen LogP contribution in [0.5, 0.6) is 0 Å². The monoisotopic (exact) mass is 203 g/mol. The number of hydrogen-bond acceptors (Lipinski definition) is 3. The zero-order valence-electron chi connectivity index (χ0n) is 8.56. The van der Waals surface area contributed by atoms with Gasteiger partial charge in [0.05, 0.1) is 12.5 Å². The molecule has 0 unspecified atom stereocenters. The van der Waals surface area contributed by atoms with Gasteiger partial charge in [0, 0.05) is 0 Å². The molecular weight excluding hydrogens is 191 g/mol. The van der Waals surface area contributed by atoms with E-state index in [0.717, 1.165) is 31.4 Å². The van der Waals surface area contributed by atoms with Crippen LogP contribution in [0.25, 0.3) is 0 Å². The van der Waals surface area contributed by atoms with E-state index >= 15 is 0 Å². The largest absolute Gasteiger partial charge is 0.468 e. The first-order chi connectivity index (χ1) is 7.23. The van der Waals surface area contributed by atoms with Crippen molar-refractivity contribution in [1.82, 2.24) is 0 Å². The lowest BCUT2D eigenvalue weighted by molar-refractivity contribution is -0.143. The van der Waals surface area contributed by atoms with Gasteiger partial charge in [0.25, 0.3) is 0 Å². The second-order valence-corrected chi connectivity index (χ2v) is 3.82. The number of methoxy groups -OCH3 is 1. The molecule has 0 aliphatic heterocycles. The molecule has 0 atom stereocenters. The van der Waals surface area contributed by atoms with E-state index in [0.29, 0.717) is 0 Å². The zero-order chi connectivity index (χ0) is 10.9. The number of carbonyl (C=O) groups is 1. The lowest BCUT2D eigenvalue weighted by Crippen LogP contribution is -2.23. The summed E-state index contributed by atoms with van der Waals surface area (Å²) in [4.78, 5) is 11.6. The van der Waals surface area contributed by atoms with Crippen LogP contribution < -0.4 is 5.46 Å². The molecule has 0 aromatic heterocycles. The Morgan fingerprint density at radius 1 is 1.40 bits per heavy atom. The minimum absolute atomic E-state index is 0.164. The summed E-state index contributed by atoms with van der Waals surface area (Å²) in [7, 11) is 2.46. The molecule has 0 spiro atoms. The Balaban J connectivity index is 2.26. The highest BCUT2D eigenvalue weighted by atomic mass is 16.5. The van der Waals surface area contributed by atoms with Gasteiger partial charge in [-0.3, -0.25) is 4.79 Å². The SMILES string of the molecule is COC(=O)C1(c2ccc([B]O)cc2)CC1. The topological polar surface area (TPSA) is 46.5 Å². The van der Waals surface area contributed by atoms with Gasteiger partial charge in [-0.05, 0) is 18.4 Å². The van der Waals surface area contributed by atoms with Crippen molar-refractivity contribution in [1.29, 1.82) is 0 Å². The molecule has 3 nitrogen and oxygen atoms in total. The summed E-state index contributed by atoms with van der Waals surface area (Å²) in [5, 5.41) is 8.79. The van der Waals surface area contributed by atoms with Gasteiger partial charge in [0.1, 0.15) is 0 Å². The summed E-state index contributed by atoms with van der Waals surface area (Å²) < 4.78 is 4.79. The molecule has 0 saturated heterocycles. The number of hydrogen-bond donors (Lipinski definition) is 1. The van der Waals surface area contributed by atoms with Gasteiger partial charge < -0.3 is 9.76 Å². The number of benzene rings is 1. The third-order valence-electron chi connectivity index (χ3n) is 2.94. The summed E-state index contributed by atoms with van der Waals surface area (Å²) in [5.74, 6) is -0.164. The number of rotatable bonds is 3. The van der Waals surface area contributed by atoms with Gasteiger partial charge in [-0.2, -0.15) is 0 Å². The third kappa shape index (κ3) is 1.65. The molecule has 1 N–H and O–H groups in total. The van der Waals surface area contributed by atoms with Crippen molar-refractivity contribution >= 4 is 18.9 Å². The summed E-state index contributed by atoms with van der Waals surface area (Å²) in [6.07, 6.45) is 1.70. The fraction of sp³-hybridized carbons (Fsp3) is 0.364. The highest BCUT2D eigenvalue weighted by molar-refractivity contribution is 6.45. The fourth-order valence-electron chi connectivity index (χ4n) is 1.82. The molecule has 2 rings (SSSR count). The molecule has 15 heavy (non-hydrogen) atoms. The van der Waals surface area contributed by atoms with Crippen LogP contribution >= 0.6 is 0 Å². The predicted molar refractivity (Wildman–Crippen MR) is 57.0 cm³/mol. The maximum atomic E-state index is 11.6. The van der Waals surface area contributed by atoms with Gasteiger partial charge in [-0.25, -0.2) is 0 Å². The molecule has 1 aromatic rings. The zero-order valence-corrected chi connectivity index (χ0v) is 8.56. The van der Waals surface area contributed by atoms with E-state index in [1.165, 1.54) is 7.11 Å². The maximum absolute atomic E-state index is 11.6. The Morgan fingerprint density at radius 2 is 2.00 bits per heavy atom. The summed E-state index contributed by atoms with van der Waals surface area (Å²) in [6.45, 7) is 0. The van der Waals surface area contributed by atoms with Crippen LogP contribution in [-0.2, 0) is 14.9 Å². The van der Waals surface area contributed by atoms with Gasteiger partial charge in [0.15, 0.2) is 0 Å². The molecule has 1 aliphatic carbocycles. The second-order valence-electron chi connectivity index (χ2n) is 3.82. The lowest BCUT2D eigenvalue weighted by Gasteiger charge is -2.12. The minimum atomic E-state index is -0.414. The molecular formula is C11H12BO3. The average Bonchev–Trinajstić information content (AvgIpc) is 3.09. The number of ether oxygens (including phenoxy) is 1. The van der Waals surface area contributed by atoms with E-state index in [1.54, 1.807) is 12.1 Å². The molecule has 1 aliphatic rings. The normalized spacial score (nSPS) is 16.9. The van der Waals surface area contributed by atoms with Gasteiger partial charge in [0.2, 0.25) is 0 Å². The van der Waals surface area contributed by atoms with Gasteiger partial charge in [-0.1, -0.05) is 29.7 Å². The Morgan fingerprint density at radius 3 is 2.40 bits per heavy atom. The highest BCUT2D eigenvalue weighted by Crippen LogP contribution is 2.48. The predicted octanol–water partition coefficient (Wildman–Crippen LogP) is 0.128. The van der Waals surface area contributed by atoms with Gasteiger partial charge in [-0.15, -0.1) is 0 Å². The molecule has 0 amide bonds. The van der Waals surface area contributed by atoms with Crippen LogP contribution in [0.1, 0.15) is 18.4 Å². The van der Waals surface area contributed by atoms with E-state index < -0.39 is 5.41 Å². The third-order valence-corrected chi connectivity index (χ3v) is 2.94. The van der Waals surface area contributed by atoms with Crippen molar-refractivity contribution in [3.8, 4) is 0 Å². The first-order valence-electron chi connectivity index (χ1n) is 4.89. The second kappa shape index (κ2) is 3.70. The van der Waals surface area contributed by atoms with E-state index in [9.17, 15) is 4.79 Å². The van der Waals surface area contributed by atoms with Crippen molar-refractivity contribution in [3.05, 3.63) is 29.8 Å². The fourth-order valence-corrected chi connectivity index (χ4v) is 1.82. The van der Waals surface area contributed by atoms with Crippen LogP contribution in [0, 0.1) is 0 Å². The van der Waals surface area contributed by atoms with Crippen molar-refractivity contribution in [2.24, 2.45) is 0 Å². The molecule has 77 valence electrons. The quantitative estimate of drug-likeness (QED) is 0.560. The van der Waals surface area contributed by atoms with E-state index in [4.69, 9.17) is 9.76 Å². The van der Waals surface area contributed by atoms with E-state index in [-0.39, 0.29) is 5.97 Å². The van der Waals surface area contributed by atoms with Crippen molar-refractivity contribution in [2.45, 2.75) is 18.3 Å². The molecule has 4 heteroatoms. The Kier molecular flexibility index (Phi) is 2.53. The Labute approximate surface area is 89.3 Å². The van der Waals surface area contributed by atoms with E-state index in [1.807, 2.05) is 12.1 Å². The van der Waals surface area contributed by atoms with Crippen LogP contribution in [0.4, 0.5) is 0 Å². The minimum Gasteiger partial charge on any atom is -0.468 e. The van der Waals surface area contributed by atoms with E-state index in [2.05, 4.69) is 0 Å². The molecule has 0 heterocycles. The Hall–Kier alpha value is -1.29. The lowest BCUT2D eigenvalue weighted by atomic mass is 9.86. The van der Waals surface area contributed by atoms with Crippen LogP contribution in [0.2, 0.25) is 0 Å². The molecule has 0 bridgehead atoms. The molecule has 1 fully saturated rings. The standard InChI is InChI=1S/C11H12BO3/c1-15-10(13)11(6-7-11)8-2-4-9(12-14)5-3-8/h2-5,14H,6-7H2,1H3. The smallest absolute Gasteiger partial charge is 0.326 e. The maximum Gasteiger partial charge on any atom is 0.326 e. The first kappa shape index (κ1) is 10.2. The van der Waals surface area contributed by atoms with Crippen LogP contribution in [-0.4, -0.2) is 25.6 Å². The van der Waals surface area contributed by atoms with Gasteiger partial charge >= 0.3 is 13.5 Å². The van der Waals surface area contributed by atoms with Crippen molar-refractivity contribution in [3.63, 3.8) is 0 Å². The molecule has 1 saturated carbocycles. The summed E-state index contributed by atoms with van der Waals surface area (Å²) >= 11 is 0. The van der Waals surface area contributed by atoms with Crippen molar-refractivity contribution in [2.75, 3.05) is 7.11 Å². The summed E-state index contributed by atoms with van der Waals surface area (Å²) in [5.41, 5.74) is 1.29. The van der Waals surface area contributed by atoms with Crippen molar-refractivity contribution < 1.29 is 14.6 Å². The first-order valence-corrected chi connectivity index (χ1v) is 4.89. The highest BCUT2D eigenvalue weighted by Gasteiger charge is 2.52. The number of carbonyl (C=O) groups excluding carboxylic acids is 1. The molecule has 1 radical (unpaired) electrons. The van der Waals surface area contributed by atoms with Crippen LogP contribution in [0.3, 0.4) is 0 Å². The average molecular weight is 203 g/mol. The number of esters is 1. The molecule has 1 aromatic carbocycles. The Bertz CT molecular complexity index is 368. The van der Waals surface area contributed by atoms with Crippen LogP contribution in [0.15, 0.2) is 24.3 Å². The summed E-state index contributed by atoms with van der Waals surface area (Å²) in [6, 6.07) is 7.31.